The third-order valence-corrected chi connectivity index (χ3v) is 6.00. The third-order valence-electron chi connectivity index (χ3n) is 6.00. The summed E-state index contributed by atoms with van der Waals surface area (Å²) in [6, 6.07) is 21.1. The average molecular weight is 528 g/mol. The molecule has 4 aromatic rings. The Kier molecular flexibility index (Phi) is 8.78. The van der Waals surface area contributed by atoms with E-state index < -0.39 is 17.5 Å². The molecule has 39 heavy (non-hydrogen) atoms. The van der Waals surface area contributed by atoms with Crippen LogP contribution in [0.15, 0.2) is 88.1 Å². The number of hydrogen-bond donors (Lipinski definition) is 1. The summed E-state index contributed by atoms with van der Waals surface area (Å²) in [7, 11) is 1.55. The van der Waals surface area contributed by atoms with Gasteiger partial charge < -0.3 is 23.9 Å². The van der Waals surface area contributed by atoms with Gasteiger partial charge in [0.15, 0.2) is 11.5 Å². The normalized spacial score (nSPS) is 11.8. The van der Waals surface area contributed by atoms with Gasteiger partial charge in [-0.2, -0.15) is 0 Å². The Morgan fingerprint density at radius 1 is 1.00 bits per heavy atom. The molecule has 1 unspecified atom stereocenters. The molecule has 4 rings (SSSR count). The second-order valence-electron chi connectivity index (χ2n) is 8.87. The van der Waals surface area contributed by atoms with Crippen LogP contribution in [-0.2, 0) is 11.4 Å². The van der Waals surface area contributed by atoms with Crippen molar-refractivity contribution < 1.29 is 28.2 Å². The summed E-state index contributed by atoms with van der Waals surface area (Å²) in [6.45, 7) is 4.18. The lowest BCUT2D eigenvalue weighted by Crippen LogP contribution is -2.34. The fourth-order valence-corrected chi connectivity index (χ4v) is 3.67. The zero-order chi connectivity index (χ0) is 27.8. The molecular formula is C31H29NO7. The lowest BCUT2D eigenvalue weighted by atomic mass is 10.1. The molecule has 1 atom stereocenters. The minimum Gasteiger partial charge on any atom is -0.493 e. The van der Waals surface area contributed by atoms with Crippen molar-refractivity contribution in [1.29, 1.82) is 0 Å². The van der Waals surface area contributed by atoms with Crippen molar-refractivity contribution in [3.05, 3.63) is 106 Å². The van der Waals surface area contributed by atoms with Gasteiger partial charge in [0, 0.05) is 23.6 Å². The first kappa shape index (κ1) is 27.2. The zero-order valence-corrected chi connectivity index (χ0v) is 21.9. The van der Waals surface area contributed by atoms with E-state index in [0.717, 1.165) is 12.0 Å². The van der Waals surface area contributed by atoms with Gasteiger partial charge in [-0.25, -0.2) is 9.59 Å². The van der Waals surface area contributed by atoms with Crippen molar-refractivity contribution in [2.75, 3.05) is 7.11 Å². The molecule has 0 saturated carbocycles. The van der Waals surface area contributed by atoms with E-state index in [1.807, 2.05) is 44.2 Å². The molecule has 1 amide bonds. The van der Waals surface area contributed by atoms with E-state index >= 15 is 0 Å². The van der Waals surface area contributed by atoms with Crippen LogP contribution in [0.1, 0.15) is 41.8 Å². The number of carbonyl (C=O) groups excluding carboxylic acids is 2. The van der Waals surface area contributed by atoms with Crippen LogP contribution < -0.4 is 25.2 Å². The summed E-state index contributed by atoms with van der Waals surface area (Å²) in [5, 5.41) is 3.28. The first-order chi connectivity index (χ1) is 18.9. The van der Waals surface area contributed by atoms with Gasteiger partial charge in [0.2, 0.25) is 0 Å². The number of rotatable bonds is 10. The number of fused-ring (bicyclic) bond motifs is 1. The standard InChI is InChI=1S/C31H29NO7/c1-4-20(2)32-30(34)25-17-23-12-13-24(18-27(23)39-31(25)35)38-29(33)15-11-21-10-14-26(28(16-21)36-3)37-19-22-8-6-5-7-9-22/h5-18,20H,4,19H2,1-3H3,(H,32,34)/b15-11+. The fraction of sp³-hybridized carbons (Fsp3) is 0.194. The molecule has 8 nitrogen and oxygen atoms in total. The number of ether oxygens (including phenoxy) is 3. The highest BCUT2D eigenvalue weighted by Gasteiger charge is 2.16. The molecule has 1 N–H and O–H groups in total. The molecule has 3 aromatic carbocycles. The minimum absolute atomic E-state index is 0.0746. The van der Waals surface area contributed by atoms with Crippen LogP contribution in [0, 0.1) is 0 Å². The van der Waals surface area contributed by atoms with Crippen molar-refractivity contribution in [3.8, 4) is 17.2 Å². The van der Waals surface area contributed by atoms with Gasteiger partial charge in [-0.05, 0) is 60.9 Å². The lowest BCUT2D eigenvalue weighted by Gasteiger charge is -2.11. The highest BCUT2D eigenvalue weighted by molar-refractivity contribution is 5.97. The van der Waals surface area contributed by atoms with Crippen LogP contribution in [0.2, 0.25) is 0 Å². The number of carbonyl (C=O) groups is 2. The van der Waals surface area contributed by atoms with Crippen molar-refractivity contribution in [2.24, 2.45) is 0 Å². The highest BCUT2D eigenvalue weighted by atomic mass is 16.5. The van der Waals surface area contributed by atoms with Gasteiger partial charge in [0.25, 0.3) is 5.91 Å². The second kappa shape index (κ2) is 12.6. The van der Waals surface area contributed by atoms with Gasteiger partial charge >= 0.3 is 11.6 Å². The van der Waals surface area contributed by atoms with E-state index in [-0.39, 0.29) is 22.9 Å². The summed E-state index contributed by atoms with van der Waals surface area (Å²) >= 11 is 0. The molecule has 0 aliphatic rings. The van der Waals surface area contributed by atoms with Crippen molar-refractivity contribution >= 4 is 28.9 Å². The number of nitrogens with one attached hydrogen (secondary N) is 1. The highest BCUT2D eigenvalue weighted by Crippen LogP contribution is 2.29. The van der Waals surface area contributed by atoms with Crippen LogP contribution in [0.3, 0.4) is 0 Å². The maximum absolute atomic E-state index is 12.4. The molecular weight excluding hydrogens is 498 g/mol. The largest absolute Gasteiger partial charge is 0.493 e. The Labute approximate surface area is 225 Å². The van der Waals surface area contributed by atoms with Crippen LogP contribution in [0.4, 0.5) is 0 Å². The molecule has 1 heterocycles. The summed E-state index contributed by atoms with van der Waals surface area (Å²) in [5.41, 5.74) is 1.10. The lowest BCUT2D eigenvalue weighted by molar-refractivity contribution is -0.128. The van der Waals surface area contributed by atoms with E-state index in [4.69, 9.17) is 18.6 Å². The molecule has 1 aromatic heterocycles. The number of benzene rings is 3. The molecule has 0 spiro atoms. The quantitative estimate of drug-likeness (QED) is 0.125. The molecule has 200 valence electrons. The Balaban J connectivity index is 1.41. The molecule has 0 radical (unpaired) electrons. The van der Waals surface area contributed by atoms with E-state index in [1.54, 1.807) is 43.5 Å². The van der Waals surface area contributed by atoms with E-state index in [0.29, 0.717) is 29.1 Å². The topological polar surface area (TPSA) is 104 Å². The van der Waals surface area contributed by atoms with E-state index in [9.17, 15) is 14.4 Å². The van der Waals surface area contributed by atoms with Gasteiger partial charge in [-0.3, -0.25) is 4.79 Å². The summed E-state index contributed by atoms with van der Waals surface area (Å²) in [4.78, 5) is 37.2. The van der Waals surface area contributed by atoms with Gasteiger partial charge in [-0.1, -0.05) is 43.3 Å². The molecule has 8 heteroatoms. The van der Waals surface area contributed by atoms with Crippen LogP contribution >= 0.6 is 0 Å². The Hall–Kier alpha value is -4.85. The van der Waals surface area contributed by atoms with Crippen molar-refractivity contribution in [1.82, 2.24) is 5.32 Å². The number of methoxy groups -OCH3 is 1. The summed E-state index contributed by atoms with van der Waals surface area (Å²) in [5.74, 6) is 0.194. The molecule has 0 fully saturated rings. The zero-order valence-electron chi connectivity index (χ0n) is 21.9. The molecule has 0 saturated heterocycles. The predicted molar refractivity (Wildman–Crippen MR) is 148 cm³/mol. The summed E-state index contributed by atoms with van der Waals surface area (Å²) in [6.07, 6.45) is 3.60. The maximum atomic E-state index is 12.4. The molecule has 0 aliphatic heterocycles. The van der Waals surface area contributed by atoms with Crippen molar-refractivity contribution in [2.45, 2.75) is 32.9 Å². The second-order valence-corrected chi connectivity index (χ2v) is 8.87. The predicted octanol–water partition coefficient (Wildman–Crippen LogP) is 5.53. The molecule has 0 bridgehead atoms. The summed E-state index contributed by atoms with van der Waals surface area (Å²) < 4.78 is 22.0. The number of hydrogen-bond acceptors (Lipinski definition) is 7. The third kappa shape index (κ3) is 7.13. The first-order valence-electron chi connectivity index (χ1n) is 12.5. The number of amides is 1. The Bertz CT molecular complexity index is 1560. The van der Waals surface area contributed by atoms with Crippen LogP contribution in [0.25, 0.3) is 17.0 Å². The monoisotopic (exact) mass is 527 g/mol. The van der Waals surface area contributed by atoms with Gasteiger partial charge in [0.05, 0.1) is 7.11 Å². The SMILES string of the molecule is CCC(C)NC(=O)c1cc2ccc(OC(=O)/C=C/c3ccc(OCc4ccccc4)c(OC)c3)cc2oc1=O. The van der Waals surface area contributed by atoms with Gasteiger partial charge in [-0.15, -0.1) is 0 Å². The average Bonchev–Trinajstić information content (AvgIpc) is 2.95. The first-order valence-corrected chi connectivity index (χ1v) is 12.5. The van der Waals surface area contributed by atoms with Gasteiger partial charge in [0.1, 0.15) is 23.5 Å². The Morgan fingerprint density at radius 2 is 1.79 bits per heavy atom. The maximum Gasteiger partial charge on any atom is 0.349 e. The molecule has 0 aliphatic carbocycles. The fourth-order valence-electron chi connectivity index (χ4n) is 3.67. The van der Waals surface area contributed by atoms with E-state index in [1.165, 1.54) is 18.2 Å². The van der Waals surface area contributed by atoms with Crippen LogP contribution in [-0.4, -0.2) is 25.0 Å². The minimum atomic E-state index is -0.767. The van der Waals surface area contributed by atoms with E-state index in [2.05, 4.69) is 5.32 Å². The smallest absolute Gasteiger partial charge is 0.349 e. The van der Waals surface area contributed by atoms with Crippen LogP contribution in [0.5, 0.6) is 17.2 Å². The number of esters is 1. The Morgan fingerprint density at radius 3 is 2.54 bits per heavy atom. The van der Waals surface area contributed by atoms with Crippen molar-refractivity contribution in [3.63, 3.8) is 0 Å².